The Hall–Kier alpha value is -4.12. The van der Waals surface area contributed by atoms with E-state index in [4.69, 9.17) is 26.2 Å². The Morgan fingerprint density at radius 3 is 2.00 bits per heavy atom. The molecule has 230 valence electrons. The number of halogens is 3. The molecule has 15 nitrogen and oxygen atoms in total. The number of unbranched alkanes of at least 4 members (excludes halogenated alkanes) is 2. The summed E-state index contributed by atoms with van der Waals surface area (Å²) in [5.74, 6) is -7.05. The van der Waals surface area contributed by atoms with Crippen LogP contribution in [0.25, 0.3) is 0 Å². The molecule has 0 heterocycles. The molecule has 0 aliphatic rings. The minimum atomic E-state index is -5.08. The molecule has 2 atom stereocenters. The van der Waals surface area contributed by atoms with Gasteiger partial charge in [0.15, 0.2) is 5.96 Å². The fraction of sp³-hybridized carbons (Fsp3) is 0.682. The lowest BCUT2D eigenvalue weighted by Crippen LogP contribution is -2.55. The molecule has 0 aromatic carbocycles. The van der Waals surface area contributed by atoms with Gasteiger partial charge in [-0.25, -0.2) is 9.59 Å². The second kappa shape index (κ2) is 19.0. The zero-order valence-corrected chi connectivity index (χ0v) is 22.6. The number of ether oxygens (including phenoxy) is 1. The van der Waals surface area contributed by atoms with Crippen LogP contribution < -0.4 is 21.7 Å². The standard InChI is InChI=1S/C20H36N6O7.C2HF3O2/c1-12(2)17(19(32)33-4)25-18(31)13(10-16(29)30)24-14(27)11-26(3)15(28)8-6-5-7-9-23-20(21)22;3-2(4,5)1(6)7/h12-13,17H,5-11H2,1-4H3,(H,24,27)(H,25,31)(H,29,30)(H4,21,22,23);(H,6,7)/t13-,17-;/m0./s1. The Balaban J connectivity index is 0. The molecule has 3 amide bonds. The lowest BCUT2D eigenvalue weighted by molar-refractivity contribution is -0.192. The predicted octanol–water partition coefficient (Wildman–Crippen LogP) is -0.605. The van der Waals surface area contributed by atoms with Gasteiger partial charge in [-0.05, 0) is 18.8 Å². The zero-order valence-electron chi connectivity index (χ0n) is 22.6. The fourth-order valence-electron chi connectivity index (χ4n) is 2.80. The number of guanidine groups is 1. The molecule has 0 aliphatic carbocycles. The number of amides is 3. The van der Waals surface area contributed by atoms with Gasteiger partial charge in [0.25, 0.3) is 0 Å². The monoisotopic (exact) mass is 586 g/mol. The van der Waals surface area contributed by atoms with E-state index in [1.807, 2.05) is 0 Å². The number of esters is 1. The van der Waals surface area contributed by atoms with E-state index in [-0.39, 0.29) is 30.8 Å². The van der Waals surface area contributed by atoms with Gasteiger partial charge >= 0.3 is 24.1 Å². The van der Waals surface area contributed by atoms with E-state index < -0.39 is 54.4 Å². The van der Waals surface area contributed by atoms with Gasteiger partial charge in [-0.3, -0.25) is 24.6 Å². The van der Waals surface area contributed by atoms with Gasteiger partial charge in [0.05, 0.1) is 20.1 Å². The molecule has 0 fully saturated rings. The number of likely N-dealkylation sites (N-methyl/N-ethyl adjacent to an activating group) is 1. The number of carbonyl (C=O) groups is 6. The van der Waals surface area contributed by atoms with Crippen LogP contribution in [0.5, 0.6) is 0 Å². The van der Waals surface area contributed by atoms with Gasteiger partial charge in [0.1, 0.15) is 12.1 Å². The summed E-state index contributed by atoms with van der Waals surface area (Å²) < 4.78 is 36.4. The van der Waals surface area contributed by atoms with Crippen LogP contribution in [0, 0.1) is 11.3 Å². The van der Waals surface area contributed by atoms with Crippen molar-refractivity contribution in [3.63, 3.8) is 0 Å². The van der Waals surface area contributed by atoms with Crippen molar-refractivity contribution in [2.75, 3.05) is 27.2 Å². The molecule has 0 saturated heterocycles. The van der Waals surface area contributed by atoms with Crippen LogP contribution in [-0.2, 0) is 33.5 Å². The number of hydrogen-bond donors (Lipinski definition) is 7. The first kappa shape index (κ1) is 38.0. The molecule has 18 heteroatoms. The van der Waals surface area contributed by atoms with Crippen LogP contribution in [0.2, 0.25) is 0 Å². The van der Waals surface area contributed by atoms with Crippen molar-refractivity contribution in [2.45, 2.75) is 64.2 Å². The highest BCUT2D eigenvalue weighted by molar-refractivity contribution is 5.94. The third kappa shape index (κ3) is 18.2. The van der Waals surface area contributed by atoms with E-state index in [0.717, 1.165) is 20.0 Å². The number of rotatable bonds is 15. The van der Waals surface area contributed by atoms with Crippen molar-refractivity contribution in [1.29, 1.82) is 5.41 Å². The van der Waals surface area contributed by atoms with E-state index in [0.29, 0.717) is 13.0 Å². The fourth-order valence-corrected chi connectivity index (χ4v) is 2.80. The summed E-state index contributed by atoms with van der Waals surface area (Å²) in [7, 11) is 2.59. The van der Waals surface area contributed by atoms with Gasteiger partial charge in [0.2, 0.25) is 17.7 Å². The SMILES string of the molecule is COC(=O)[C@@H](NC(=O)[C@H](CC(=O)O)NC(=O)CN(C)C(=O)CCCCCNC(=N)N)C(C)C.O=C(O)C(F)(F)F. The first-order valence-electron chi connectivity index (χ1n) is 11.8. The van der Waals surface area contributed by atoms with Gasteiger partial charge in [0, 0.05) is 20.0 Å². The lowest BCUT2D eigenvalue weighted by atomic mass is 10.0. The van der Waals surface area contributed by atoms with Crippen molar-refractivity contribution >= 4 is 41.6 Å². The van der Waals surface area contributed by atoms with Crippen LogP contribution in [-0.4, -0.2) is 102 Å². The summed E-state index contributed by atoms with van der Waals surface area (Å²) in [4.78, 5) is 70.1. The van der Waals surface area contributed by atoms with Crippen molar-refractivity contribution in [1.82, 2.24) is 20.9 Å². The van der Waals surface area contributed by atoms with E-state index in [9.17, 15) is 37.1 Å². The highest BCUT2D eigenvalue weighted by Crippen LogP contribution is 2.13. The van der Waals surface area contributed by atoms with Gasteiger partial charge in [-0.1, -0.05) is 20.3 Å². The lowest BCUT2D eigenvalue weighted by Gasteiger charge is -2.24. The number of carbonyl (C=O) groups excluding carboxylic acids is 4. The molecule has 0 unspecified atom stereocenters. The molecule has 0 aliphatic heterocycles. The van der Waals surface area contributed by atoms with Crippen molar-refractivity contribution in [3.05, 3.63) is 0 Å². The molecule has 40 heavy (non-hydrogen) atoms. The molecule has 0 saturated carbocycles. The van der Waals surface area contributed by atoms with Crippen LogP contribution in [0.15, 0.2) is 0 Å². The number of methoxy groups -OCH3 is 1. The molecule has 0 rings (SSSR count). The maximum Gasteiger partial charge on any atom is 0.490 e. The Kier molecular flexibility index (Phi) is 18.1. The zero-order chi connectivity index (χ0) is 31.6. The third-order valence-electron chi connectivity index (χ3n) is 4.88. The molecular weight excluding hydrogens is 549 g/mol. The Bertz CT molecular complexity index is 900. The predicted molar refractivity (Wildman–Crippen MR) is 133 cm³/mol. The summed E-state index contributed by atoms with van der Waals surface area (Å²) in [6, 6.07) is -2.44. The number of carboxylic acids is 2. The van der Waals surface area contributed by atoms with E-state index in [1.54, 1.807) is 13.8 Å². The van der Waals surface area contributed by atoms with Crippen LogP contribution >= 0.6 is 0 Å². The van der Waals surface area contributed by atoms with E-state index in [2.05, 4.69) is 20.7 Å². The average molecular weight is 587 g/mol. The Labute approximate surface area is 228 Å². The number of carboxylic acid groups (broad SMARTS) is 2. The number of nitrogens with one attached hydrogen (secondary N) is 4. The van der Waals surface area contributed by atoms with Crippen LogP contribution in [0.1, 0.15) is 46.0 Å². The van der Waals surface area contributed by atoms with Crippen LogP contribution in [0.4, 0.5) is 13.2 Å². The number of nitrogens with zero attached hydrogens (tertiary/aromatic N) is 1. The highest BCUT2D eigenvalue weighted by Gasteiger charge is 2.38. The maximum absolute atomic E-state index is 12.5. The summed E-state index contributed by atoms with van der Waals surface area (Å²) in [5.41, 5.74) is 5.17. The number of nitrogens with two attached hydrogens (primary N) is 1. The quantitative estimate of drug-likeness (QED) is 0.0553. The normalized spacial score (nSPS) is 12.1. The third-order valence-corrected chi connectivity index (χ3v) is 4.88. The summed E-state index contributed by atoms with van der Waals surface area (Å²) in [6.45, 7) is 3.52. The summed E-state index contributed by atoms with van der Waals surface area (Å²) in [5, 5.41) is 30.6. The number of alkyl halides is 3. The smallest absolute Gasteiger partial charge is 0.481 e. The minimum Gasteiger partial charge on any atom is -0.481 e. The topological polar surface area (TPSA) is 241 Å². The van der Waals surface area contributed by atoms with E-state index in [1.165, 1.54) is 11.9 Å². The summed E-state index contributed by atoms with van der Waals surface area (Å²) >= 11 is 0. The molecular formula is C22H37F3N6O9. The Morgan fingerprint density at radius 2 is 1.57 bits per heavy atom. The minimum absolute atomic E-state index is 0.114. The first-order valence-corrected chi connectivity index (χ1v) is 11.8. The van der Waals surface area contributed by atoms with Crippen LogP contribution in [0.3, 0.4) is 0 Å². The molecule has 0 spiro atoms. The maximum atomic E-state index is 12.5. The number of hydrogen-bond acceptors (Lipinski definition) is 8. The Morgan fingerprint density at radius 1 is 1.02 bits per heavy atom. The first-order chi connectivity index (χ1) is 18.3. The molecule has 8 N–H and O–H groups in total. The van der Waals surface area contributed by atoms with Crippen molar-refractivity contribution in [2.24, 2.45) is 11.7 Å². The van der Waals surface area contributed by atoms with E-state index >= 15 is 0 Å². The van der Waals surface area contributed by atoms with Crippen molar-refractivity contribution < 1.29 is 56.9 Å². The molecule has 0 aromatic rings. The second-order valence-corrected chi connectivity index (χ2v) is 8.68. The second-order valence-electron chi connectivity index (χ2n) is 8.68. The number of aliphatic carboxylic acids is 2. The summed E-state index contributed by atoms with van der Waals surface area (Å²) in [6.07, 6.45) is -3.54. The molecule has 0 radical (unpaired) electrons. The van der Waals surface area contributed by atoms with Gasteiger partial charge in [-0.2, -0.15) is 13.2 Å². The molecule has 0 aromatic heterocycles. The largest absolute Gasteiger partial charge is 0.490 e. The average Bonchev–Trinajstić information content (AvgIpc) is 2.82. The van der Waals surface area contributed by atoms with Crippen molar-refractivity contribution in [3.8, 4) is 0 Å². The molecule has 0 bridgehead atoms. The van der Waals surface area contributed by atoms with Gasteiger partial charge in [-0.15, -0.1) is 0 Å². The van der Waals surface area contributed by atoms with Gasteiger partial charge < -0.3 is 41.5 Å². The highest BCUT2D eigenvalue weighted by atomic mass is 19.4.